The van der Waals surface area contributed by atoms with Gasteiger partial charge in [0.15, 0.2) is 0 Å². The Morgan fingerprint density at radius 1 is 1.50 bits per heavy atom. The molecule has 0 fully saturated rings. The summed E-state index contributed by atoms with van der Waals surface area (Å²) in [5.41, 5.74) is 0. The zero-order valence-corrected chi connectivity index (χ0v) is 8.82. The second-order valence-corrected chi connectivity index (χ2v) is 4.05. The molecule has 2 nitrogen and oxygen atoms in total. The van der Waals surface area contributed by atoms with Crippen LogP contribution in [0.4, 0.5) is 0 Å². The lowest BCUT2D eigenvalue weighted by atomic mass is 10.1. The number of amides is 1. The Labute approximate surface area is 79.7 Å². The average Bonchev–Trinajstić information content (AvgIpc) is 2.00. The van der Waals surface area contributed by atoms with E-state index in [9.17, 15) is 4.79 Å². The molecule has 0 rings (SSSR count). The van der Waals surface area contributed by atoms with Crippen LogP contribution in [0.25, 0.3) is 0 Å². The highest BCUT2D eigenvalue weighted by molar-refractivity contribution is 6.20. The van der Waals surface area contributed by atoms with Gasteiger partial charge in [0.2, 0.25) is 5.91 Å². The maximum absolute atomic E-state index is 11.1. The molecule has 3 heteroatoms. The highest BCUT2D eigenvalue weighted by Crippen LogP contribution is 2.05. The number of halogens is 1. The molecule has 0 heterocycles. The van der Waals surface area contributed by atoms with Gasteiger partial charge in [0.1, 0.15) is 0 Å². The minimum atomic E-state index is 0.0193. The predicted molar refractivity (Wildman–Crippen MR) is 52.4 cm³/mol. The summed E-state index contributed by atoms with van der Waals surface area (Å²) in [5, 5.41) is 2.80. The van der Waals surface area contributed by atoms with E-state index in [0.29, 0.717) is 18.9 Å². The monoisotopic (exact) mass is 191 g/mol. The Balaban J connectivity index is 3.46. The molecular weight excluding hydrogens is 174 g/mol. The first-order valence-electron chi connectivity index (χ1n) is 4.47. The molecule has 0 aliphatic heterocycles. The van der Waals surface area contributed by atoms with Crippen LogP contribution in [0.5, 0.6) is 0 Å². The van der Waals surface area contributed by atoms with Crippen LogP contribution >= 0.6 is 11.6 Å². The number of hydrogen-bond donors (Lipinski definition) is 1. The normalized spacial score (nSPS) is 15.3. The number of alkyl halides is 1. The van der Waals surface area contributed by atoms with E-state index in [1.807, 2.05) is 6.92 Å². The van der Waals surface area contributed by atoms with Gasteiger partial charge in [0, 0.05) is 18.3 Å². The lowest BCUT2D eigenvalue weighted by Crippen LogP contribution is -2.29. The van der Waals surface area contributed by atoms with Crippen LogP contribution in [0.1, 0.15) is 33.6 Å². The van der Waals surface area contributed by atoms with E-state index in [-0.39, 0.29) is 11.3 Å². The SMILES string of the molecule is CCC(C)CC(=O)NCC(C)Cl. The second kappa shape index (κ2) is 6.30. The summed E-state index contributed by atoms with van der Waals surface area (Å²) in [6.07, 6.45) is 1.66. The highest BCUT2D eigenvalue weighted by atomic mass is 35.5. The molecule has 0 spiro atoms. The van der Waals surface area contributed by atoms with Crippen LogP contribution in [0.15, 0.2) is 0 Å². The molecule has 0 aliphatic carbocycles. The average molecular weight is 192 g/mol. The molecular formula is C9H18ClNO. The van der Waals surface area contributed by atoms with Crippen molar-refractivity contribution in [2.45, 2.75) is 39.0 Å². The molecule has 0 saturated heterocycles. The maximum atomic E-state index is 11.1. The van der Waals surface area contributed by atoms with E-state index in [4.69, 9.17) is 11.6 Å². The third kappa shape index (κ3) is 6.47. The van der Waals surface area contributed by atoms with E-state index in [0.717, 1.165) is 6.42 Å². The maximum Gasteiger partial charge on any atom is 0.220 e. The standard InChI is InChI=1S/C9H18ClNO/c1-4-7(2)5-9(12)11-6-8(3)10/h7-8H,4-6H2,1-3H3,(H,11,12). The quantitative estimate of drug-likeness (QED) is 0.664. The van der Waals surface area contributed by atoms with Gasteiger partial charge in [-0.3, -0.25) is 4.79 Å². The van der Waals surface area contributed by atoms with Gasteiger partial charge in [-0.25, -0.2) is 0 Å². The fraction of sp³-hybridized carbons (Fsp3) is 0.889. The Morgan fingerprint density at radius 3 is 2.50 bits per heavy atom. The fourth-order valence-electron chi connectivity index (χ4n) is 0.787. The fourth-order valence-corrected chi connectivity index (χ4v) is 0.865. The van der Waals surface area contributed by atoms with E-state index >= 15 is 0 Å². The molecule has 0 aromatic rings. The van der Waals surface area contributed by atoms with Gasteiger partial charge in [-0.05, 0) is 12.8 Å². The smallest absolute Gasteiger partial charge is 0.220 e. The van der Waals surface area contributed by atoms with Crippen molar-refractivity contribution in [3.8, 4) is 0 Å². The zero-order chi connectivity index (χ0) is 9.56. The Morgan fingerprint density at radius 2 is 2.08 bits per heavy atom. The van der Waals surface area contributed by atoms with Gasteiger partial charge in [-0.2, -0.15) is 0 Å². The summed E-state index contributed by atoms with van der Waals surface area (Å²) in [4.78, 5) is 11.1. The highest BCUT2D eigenvalue weighted by Gasteiger charge is 2.07. The number of rotatable bonds is 5. The van der Waals surface area contributed by atoms with Crippen molar-refractivity contribution < 1.29 is 4.79 Å². The van der Waals surface area contributed by atoms with E-state index in [1.54, 1.807) is 0 Å². The minimum absolute atomic E-state index is 0.0193. The van der Waals surface area contributed by atoms with Crippen molar-refractivity contribution in [1.82, 2.24) is 5.32 Å². The molecule has 0 aromatic carbocycles. The number of carbonyl (C=O) groups excluding carboxylic acids is 1. The molecule has 72 valence electrons. The second-order valence-electron chi connectivity index (χ2n) is 3.30. The van der Waals surface area contributed by atoms with Crippen molar-refractivity contribution in [3.63, 3.8) is 0 Å². The number of hydrogen-bond acceptors (Lipinski definition) is 1. The first-order valence-corrected chi connectivity index (χ1v) is 4.90. The molecule has 0 bridgehead atoms. The van der Waals surface area contributed by atoms with Crippen molar-refractivity contribution in [1.29, 1.82) is 0 Å². The molecule has 2 atom stereocenters. The van der Waals surface area contributed by atoms with Crippen LogP contribution in [-0.2, 0) is 4.79 Å². The van der Waals surface area contributed by atoms with Gasteiger partial charge < -0.3 is 5.32 Å². The lowest BCUT2D eigenvalue weighted by molar-refractivity contribution is -0.121. The van der Waals surface area contributed by atoms with Crippen molar-refractivity contribution in [2.24, 2.45) is 5.92 Å². The third-order valence-electron chi connectivity index (χ3n) is 1.81. The lowest BCUT2D eigenvalue weighted by Gasteiger charge is -2.09. The summed E-state index contributed by atoms with van der Waals surface area (Å²) >= 11 is 5.68. The summed E-state index contributed by atoms with van der Waals surface area (Å²) < 4.78 is 0. The first-order chi connectivity index (χ1) is 5.56. The van der Waals surface area contributed by atoms with Crippen LogP contribution in [0.2, 0.25) is 0 Å². The minimum Gasteiger partial charge on any atom is -0.355 e. The first kappa shape index (κ1) is 11.8. The molecule has 0 saturated carbocycles. The number of carbonyl (C=O) groups is 1. The molecule has 0 aromatic heterocycles. The molecule has 0 aliphatic rings. The number of nitrogens with one attached hydrogen (secondary N) is 1. The molecule has 12 heavy (non-hydrogen) atoms. The summed E-state index contributed by atoms with van der Waals surface area (Å²) in [5.74, 6) is 0.576. The molecule has 0 radical (unpaired) electrons. The topological polar surface area (TPSA) is 29.1 Å². The third-order valence-corrected chi connectivity index (χ3v) is 1.97. The predicted octanol–water partition coefficient (Wildman–Crippen LogP) is 2.17. The van der Waals surface area contributed by atoms with Crippen LogP contribution in [0, 0.1) is 5.92 Å². The largest absolute Gasteiger partial charge is 0.355 e. The van der Waals surface area contributed by atoms with Gasteiger partial charge in [-0.15, -0.1) is 11.6 Å². The van der Waals surface area contributed by atoms with E-state index in [2.05, 4.69) is 19.2 Å². The van der Waals surface area contributed by atoms with Crippen molar-refractivity contribution in [2.75, 3.05) is 6.54 Å². The zero-order valence-electron chi connectivity index (χ0n) is 8.06. The van der Waals surface area contributed by atoms with E-state index < -0.39 is 0 Å². The Bertz CT molecular complexity index is 136. The molecule has 1 N–H and O–H groups in total. The van der Waals surface area contributed by atoms with Gasteiger partial charge in [-0.1, -0.05) is 20.3 Å². The van der Waals surface area contributed by atoms with E-state index in [1.165, 1.54) is 0 Å². The summed E-state index contributed by atoms with van der Waals surface area (Å²) in [6.45, 7) is 6.59. The Kier molecular flexibility index (Phi) is 6.17. The molecule has 1 amide bonds. The van der Waals surface area contributed by atoms with Crippen LogP contribution < -0.4 is 5.32 Å². The summed E-state index contributed by atoms with van der Waals surface area (Å²) in [6, 6.07) is 0. The van der Waals surface area contributed by atoms with Crippen LogP contribution in [0.3, 0.4) is 0 Å². The van der Waals surface area contributed by atoms with Crippen LogP contribution in [-0.4, -0.2) is 17.8 Å². The van der Waals surface area contributed by atoms with Crippen molar-refractivity contribution >= 4 is 17.5 Å². The van der Waals surface area contributed by atoms with Gasteiger partial charge in [0.05, 0.1) is 0 Å². The van der Waals surface area contributed by atoms with Gasteiger partial charge in [0.25, 0.3) is 0 Å². The van der Waals surface area contributed by atoms with Crippen molar-refractivity contribution in [3.05, 3.63) is 0 Å². The Hall–Kier alpha value is -0.240. The van der Waals surface area contributed by atoms with Gasteiger partial charge >= 0.3 is 0 Å². The molecule has 2 unspecified atom stereocenters. The summed E-state index contributed by atoms with van der Waals surface area (Å²) in [7, 11) is 0.